The van der Waals surface area contributed by atoms with E-state index in [0.29, 0.717) is 33.7 Å². The van der Waals surface area contributed by atoms with Crippen molar-refractivity contribution in [3.63, 3.8) is 0 Å². The Labute approximate surface area is 187 Å². The Morgan fingerprint density at radius 2 is 1.61 bits per heavy atom. The van der Waals surface area contributed by atoms with Crippen LogP contribution >= 0.6 is 11.6 Å². The van der Waals surface area contributed by atoms with Gasteiger partial charge in [0.15, 0.2) is 11.1 Å². The minimum absolute atomic E-state index is 0.0322. The summed E-state index contributed by atoms with van der Waals surface area (Å²) in [7, 11) is -4.03. The van der Waals surface area contributed by atoms with Gasteiger partial charge in [-0.15, -0.1) is 0 Å². The van der Waals surface area contributed by atoms with Crippen molar-refractivity contribution in [3.8, 4) is 6.07 Å². The predicted molar refractivity (Wildman–Crippen MR) is 122 cm³/mol. The number of sulfone groups is 1. The normalized spacial score (nSPS) is 20.4. The van der Waals surface area contributed by atoms with Crippen LogP contribution in [0.2, 0.25) is 5.02 Å². The first-order valence-corrected chi connectivity index (χ1v) is 12.1. The van der Waals surface area contributed by atoms with Crippen molar-refractivity contribution in [3.05, 3.63) is 59.2 Å². The molecule has 4 rings (SSSR count). The number of benzene rings is 2. The van der Waals surface area contributed by atoms with Crippen molar-refractivity contribution in [2.75, 3.05) is 18.0 Å². The third-order valence-electron chi connectivity index (χ3n) is 5.56. The number of nitriles is 1. The van der Waals surface area contributed by atoms with Crippen molar-refractivity contribution in [1.29, 1.82) is 5.26 Å². The molecule has 1 saturated heterocycles. The predicted octanol–water partition coefficient (Wildman–Crippen LogP) is 4.80. The number of nitrogens with zero attached hydrogens (tertiary/aromatic N) is 4. The van der Waals surface area contributed by atoms with E-state index in [1.54, 1.807) is 6.07 Å². The Kier molecular flexibility index (Phi) is 5.87. The molecular formula is C23H23ClN4O2S. The molecule has 31 heavy (non-hydrogen) atoms. The summed E-state index contributed by atoms with van der Waals surface area (Å²) in [4.78, 5) is 11.5. The fourth-order valence-electron chi connectivity index (χ4n) is 4.29. The molecule has 6 nitrogen and oxygen atoms in total. The monoisotopic (exact) mass is 454 g/mol. The highest BCUT2D eigenvalue weighted by Crippen LogP contribution is 2.36. The second kappa shape index (κ2) is 8.45. The number of anilines is 1. The molecule has 2 aromatic carbocycles. The van der Waals surface area contributed by atoms with Crippen LogP contribution in [0.4, 0.5) is 5.82 Å². The molecule has 1 aromatic heterocycles. The number of halogens is 1. The lowest BCUT2D eigenvalue weighted by Gasteiger charge is -2.36. The van der Waals surface area contributed by atoms with E-state index in [1.165, 1.54) is 24.3 Å². The maximum atomic E-state index is 13.4. The zero-order valence-corrected chi connectivity index (χ0v) is 18.9. The molecule has 0 unspecified atom stereocenters. The molecule has 160 valence electrons. The summed E-state index contributed by atoms with van der Waals surface area (Å²) in [6.45, 7) is 5.82. The molecule has 0 bridgehead atoms. The molecule has 0 amide bonds. The fraction of sp³-hybridized carbons (Fsp3) is 0.348. The molecule has 2 heterocycles. The van der Waals surface area contributed by atoms with Crippen LogP contribution in [-0.4, -0.2) is 31.5 Å². The maximum Gasteiger partial charge on any atom is 0.200 e. The number of aromatic nitrogens is 2. The lowest BCUT2D eigenvalue weighted by atomic mass is 9.92. The van der Waals surface area contributed by atoms with Gasteiger partial charge in [0.2, 0.25) is 9.84 Å². The van der Waals surface area contributed by atoms with Gasteiger partial charge in [-0.05, 0) is 54.7 Å². The molecular weight excluding hydrogens is 432 g/mol. The van der Waals surface area contributed by atoms with Gasteiger partial charge >= 0.3 is 0 Å². The standard InChI is InChI=1S/C23H23ClN4O2S/c1-15-11-16(2)14-28(13-15)23-22(26-19-5-3-4-6-20(19)27-23)21(12-25)31(29,30)18-9-7-17(24)8-10-18/h3-10,15-16,21H,11,13-14H2,1-2H3/t15-,16+,21-/m1/s1. The zero-order valence-electron chi connectivity index (χ0n) is 17.4. The minimum atomic E-state index is -4.03. The average molecular weight is 455 g/mol. The smallest absolute Gasteiger partial charge is 0.200 e. The van der Waals surface area contributed by atoms with E-state index >= 15 is 0 Å². The van der Waals surface area contributed by atoms with Crippen LogP contribution in [0, 0.1) is 23.2 Å². The van der Waals surface area contributed by atoms with Gasteiger partial charge in [-0.1, -0.05) is 37.6 Å². The van der Waals surface area contributed by atoms with Gasteiger partial charge in [-0.2, -0.15) is 5.26 Å². The van der Waals surface area contributed by atoms with E-state index < -0.39 is 15.1 Å². The topological polar surface area (TPSA) is 86.9 Å². The molecule has 0 saturated carbocycles. The minimum Gasteiger partial charge on any atom is -0.354 e. The Hall–Kier alpha value is -2.69. The molecule has 8 heteroatoms. The Balaban J connectivity index is 1.90. The Morgan fingerprint density at radius 1 is 1.03 bits per heavy atom. The Morgan fingerprint density at radius 3 is 2.19 bits per heavy atom. The van der Waals surface area contributed by atoms with Gasteiger partial charge in [-0.3, -0.25) is 0 Å². The van der Waals surface area contributed by atoms with Crippen molar-refractivity contribution < 1.29 is 8.42 Å². The zero-order chi connectivity index (χ0) is 22.2. The molecule has 0 N–H and O–H groups in total. The van der Waals surface area contributed by atoms with Crippen LogP contribution in [0.15, 0.2) is 53.4 Å². The second-order valence-electron chi connectivity index (χ2n) is 8.28. The van der Waals surface area contributed by atoms with Gasteiger partial charge in [0.1, 0.15) is 5.69 Å². The summed E-state index contributed by atoms with van der Waals surface area (Å²) >= 11 is 5.92. The van der Waals surface area contributed by atoms with Crippen LogP contribution in [0.1, 0.15) is 31.2 Å². The van der Waals surface area contributed by atoms with Crippen LogP contribution in [0.5, 0.6) is 0 Å². The molecule has 3 atom stereocenters. The van der Waals surface area contributed by atoms with Crippen LogP contribution < -0.4 is 4.90 Å². The van der Waals surface area contributed by atoms with E-state index in [9.17, 15) is 13.7 Å². The number of rotatable bonds is 4. The number of fused-ring (bicyclic) bond motifs is 1. The van der Waals surface area contributed by atoms with Crippen LogP contribution in [0.25, 0.3) is 11.0 Å². The van der Waals surface area contributed by atoms with Gasteiger partial charge in [0, 0.05) is 18.1 Å². The third kappa shape index (κ3) is 4.23. The van der Waals surface area contributed by atoms with Crippen molar-refractivity contribution in [2.45, 2.75) is 30.4 Å². The largest absolute Gasteiger partial charge is 0.354 e. The molecule has 1 aliphatic rings. The number of hydrogen-bond acceptors (Lipinski definition) is 6. The summed E-state index contributed by atoms with van der Waals surface area (Å²) in [5, 5.41) is 8.94. The highest BCUT2D eigenvalue weighted by Gasteiger charge is 2.36. The van der Waals surface area contributed by atoms with Crippen LogP contribution in [-0.2, 0) is 9.84 Å². The first-order chi connectivity index (χ1) is 14.8. The van der Waals surface area contributed by atoms with Gasteiger partial charge < -0.3 is 4.90 Å². The van der Waals surface area contributed by atoms with E-state index in [4.69, 9.17) is 16.6 Å². The van der Waals surface area contributed by atoms with E-state index in [0.717, 1.165) is 19.5 Å². The molecule has 0 spiro atoms. The highest BCUT2D eigenvalue weighted by molar-refractivity contribution is 7.92. The van der Waals surface area contributed by atoms with Gasteiger partial charge in [0.05, 0.1) is 22.0 Å². The first kappa shape index (κ1) is 21.5. The van der Waals surface area contributed by atoms with E-state index in [1.807, 2.05) is 24.3 Å². The number of hydrogen-bond donors (Lipinski definition) is 0. The SMILES string of the molecule is C[C@@H]1C[C@H](C)CN(c2nc3ccccc3nc2[C@@H](C#N)S(=O)(=O)c2ccc(Cl)cc2)C1. The molecule has 3 aromatic rings. The third-order valence-corrected chi connectivity index (χ3v) is 7.70. The first-order valence-electron chi connectivity index (χ1n) is 10.2. The summed E-state index contributed by atoms with van der Waals surface area (Å²) in [6, 6.07) is 15.1. The summed E-state index contributed by atoms with van der Waals surface area (Å²) in [5.74, 6) is 1.33. The second-order valence-corrected chi connectivity index (χ2v) is 10.7. The van der Waals surface area contributed by atoms with E-state index in [-0.39, 0.29) is 10.6 Å². The number of para-hydroxylation sites is 2. The van der Waals surface area contributed by atoms with Crippen molar-refractivity contribution in [2.24, 2.45) is 11.8 Å². The maximum absolute atomic E-state index is 13.4. The summed E-state index contributed by atoms with van der Waals surface area (Å²) in [5.41, 5.74) is 1.41. The summed E-state index contributed by atoms with van der Waals surface area (Å²) < 4.78 is 26.8. The summed E-state index contributed by atoms with van der Waals surface area (Å²) in [6.07, 6.45) is 1.09. The van der Waals surface area contributed by atoms with Crippen LogP contribution in [0.3, 0.4) is 0 Å². The average Bonchev–Trinajstić information content (AvgIpc) is 2.73. The van der Waals surface area contributed by atoms with Crippen molar-refractivity contribution in [1.82, 2.24) is 9.97 Å². The van der Waals surface area contributed by atoms with Gasteiger partial charge in [0.25, 0.3) is 0 Å². The fourth-order valence-corrected chi connectivity index (χ4v) is 5.79. The molecule has 0 aliphatic carbocycles. The van der Waals surface area contributed by atoms with Crippen molar-refractivity contribution >= 4 is 38.3 Å². The number of piperidine rings is 1. The molecule has 1 aliphatic heterocycles. The van der Waals surface area contributed by atoms with Gasteiger partial charge in [-0.25, -0.2) is 18.4 Å². The quantitative estimate of drug-likeness (QED) is 0.562. The molecule has 1 fully saturated rings. The lowest BCUT2D eigenvalue weighted by Crippen LogP contribution is -2.40. The Bertz CT molecular complexity index is 1240. The highest BCUT2D eigenvalue weighted by atomic mass is 35.5. The lowest BCUT2D eigenvalue weighted by molar-refractivity contribution is 0.355. The van der Waals surface area contributed by atoms with E-state index in [2.05, 4.69) is 23.7 Å². The molecule has 0 radical (unpaired) electrons.